The number of hydrogen-bond acceptors (Lipinski definition) is 6. The fourth-order valence-electron chi connectivity index (χ4n) is 3.25. The topological polar surface area (TPSA) is 99.6 Å². The van der Waals surface area contributed by atoms with Gasteiger partial charge in [0, 0.05) is 28.0 Å². The Balaban J connectivity index is 1.60. The van der Waals surface area contributed by atoms with Gasteiger partial charge in [0.15, 0.2) is 0 Å². The highest BCUT2D eigenvalue weighted by Gasteiger charge is 2.53. The molecular formula is C18H15N3O4S2. The number of carboxylic acid groups (broad SMARTS) is 1. The summed E-state index contributed by atoms with van der Waals surface area (Å²) >= 11 is 2.98. The summed E-state index contributed by atoms with van der Waals surface area (Å²) in [5, 5.41) is 12.8. The number of nitrogens with zero attached hydrogens (tertiary/aromatic N) is 2. The number of aromatic nitrogens is 1. The van der Waals surface area contributed by atoms with Gasteiger partial charge in [-0.25, -0.2) is 4.79 Å². The number of thioether (sulfide) groups is 2. The molecule has 2 unspecified atom stereocenters. The second-order valence-corrected chi connectivity index (χ2v) is 8.17. The molecule has 7 nitrogen and oxygen atoms in total. The quantitative estimate of drug-likeness (QED) is 0.432. The minimum atomic E-state index is -1.12. The van der Waals surface area contributed by atoms with Crippen LogP contribution in [0.15, 0.2) is 52.7 Å². The van der Waals surface area contributed by atoms with E-state index in [0.717, 1.165) is 15.8 Å². The molecule has 0 radical (unpaired) electrons. The molecule has 0 saturated carbocycles. The molecule has 27 heavy (non-hydrogen) atoms. The molecule has 2 aliphatic heterocycles. The minimum absolute atomic E-state index is 0.0356. The van der Waals surface area contributed by atoms with Gasteiger partial charge in [0.25, 0.3) is 5.91 Å². The summed E-state index contributed by atoms with van der Waals surface area (Å²) in [5.41, 5.74) is 1.60. The number of benzene rings is 1. The lowest BCUT2D eigenvalue weighted by atomic mass is 10.0. The van der Waals surface area contributed by atoms with Crippen LogP contribution in [0.3, 0.4) is 0 Å². The van der Waals surface area contributed by atoms with E-state index in [2.05, 4.69) is 10.3 Å². The normalized spacial score (nSPS) is 21.6. The molecule has 0 spiro atoms. The van der Waals surface area contributed by atoms with Crippen LogP contribution in [0.25, 0.3) is 10.9 Å². The summed E-state index contributed by atoms with van der Waals surface area (Å²) in [4.78, 5) is 41.4. The smallest absolute Gasteiger partial charge is 0.352 e. The highest BCUT2D eigenvalue weighted by molar-refractivity contribution is 8.01. The van der Waals surface area contributed by atoms with E-state index in [4.69, 9.17) is 0 Å². The van der Waals surface area contributed by atoms with Gasteiger partial charge >= 0.3 is 5.97 Å². The van der Waals surface area contributed by atoms with Crippen molar-refractivity contribution in [2.75, 3.05) is 11.5 Å². The third kappa shape index (κ3) is 3.06. The van der Waals surface area contributed by atoms with Gasteiger partial charge in [0.2, 0.25) is 6.41 Å². The zero-order chi connectivity index (χ0) is 19.0. The van der Waals surface area contributed by atoms with E-state index in [-0.39, 0.29) is 17.0 Å². The molecule has 1 fully saturated rings. The maximum Gasteiger partial charge on any atom is 0.352 e. The van der Waals surface area contributed by atoms with Crippen molar-refractivity contribution >= 4 is 52.7 Å². The molecule has 2 amide bonds. The summed E-state index contributed by atoms with van der Waals surface area (Å²) in [6, 6.07) is 9.08. The number of pyridine rings is 1. The Hall–Kier alpha value is -2.52. The van der Waals surface area contributed by atoms with Crippen LogP contribution in [-0.4, -0.2) is 56.2 Å². The van der Waals surface area contributed by atoms with Gasteiger partial charge in [-0.3, -0.25) is 19.5 Å². The molecule has 1 saturated heterocycles. The van der Waals surface area contributed by atoms with Gasteiger partial charge in [0.05, 0.1) is 5.52 Å². The van der Waals surface area contributed by atoms with Crippen molar-refractivity contribution in [1.82, 2.24) is 15.2 Å². The van der Waals surface area contributed by atoms with Gasteiger partial charge in [0.1, 0.15) is 17.1 Å². The van der Waals surface area contributed by atoms with Crippen molar-refractivity contribution in [3.63, 3.8) is 0 Å². The van der Waals surface area contributed by atoms with Crippen LogP contribution in [0.2, 0.25) is 0 Å². The molecule has 138 valence electrons. The van der Waals surface area contributed by atoms with Crippen molar-refractivity contribution in [1.29, 1.82) is 0 Å². The Morgan fingerprint density at radius 2 is 2.22 bits per heavy atom. The van der Waals surface area contributed by atoms with Crippen LogP contribution in [-0.2, 0) is 14.4 Å². The van der Waals surface area contributed by atoms with E-state index < -0.39 is 12.0 Å². The molecule has 2 aromatic rings. The lowest BCUT2D eigenvalue weighted by Gasteiger charge is -2.49. The predicted molar refractivity (Wildman–Crippen MR) is 103 cm³/mol. The molecule has 1 aromatic carbocycles. The van der Waals surface area contributed by atoms with Crippen LogP contribution >= 0.6 is 23.5 Å². The molecule has 2 N–H and O–H groups in total. The van der Waals surface area contributed by atoms with Crippen LogP contribution in [0, 0.1) is 0 Å². The molecule has 2 aliphatic rings. The SMILES string of the molecule is O=CNC1C(=O)N2C(C(=O)O)=C(CSc3cccc4cccnc34)CSC12. The zero-order valence-electron chi connectivity index (χ0n) is 14.0. The first kappa shape index (κ1) is 17.9. The zero-order valence-corrected chi connectivity index (χ0v) is 15.6. The molecule has 0 bridgehead atoms. The van der Waals surface area contributed by atoms with Crippen molar-refractivity contribution in [3.8, 4) is 0 Å². The number of nitrogens with one attached hydrogen (secondary N) is 1. The van der Waals surface area contributed by atoms with Crippen LogP contribution in [0.5, 0.6) is 0 Å². The summed E-state index contributed by atoms with van der Waals surface area (Å²) in [6.07, 6.45) is 2.21. The first-order chi connectivity index (χ1) is 13.1. The van der Waals surface area contributed by atoms with Crippen molar-refractivity contribution in [2.45, 2.75) is 16.3 Å². The number of carboxylic acids is 1. The lowest BCUT2D eigenvalue weighted by Crippen LogP contribution is -2.69. The van der Waals surface area contributed by atoms with E-state index in [1.54, 1.807) is 6.20 Å². The number of β-lactam (4-membered cyclic amide) rings is 1. The number of carbonyl (C=O) groups is 3. The monoisotopic (exact) mass is 401 g/mol. The maximum absolute atomic E-state index is 12.3. The average Bonchev–Trinajstić information content (AvgIpc) is 2.69. The van der Waals surface area contributed by atoms with E-state index in [1.807, 2.05) is 30.3 Å². The number of rotatable bonds is 6. The molecule has 9 heteroatoms. The largest absolute Gasteiger partial charge is 0.477 e. The number of amides is 2. The fraction of sp³-hybridized carbons (Fsp3) is 0.222. The Morgan fingerprint density at radius 3 is 3.00 bits per heavy atom. The molecule has 1 aromatic heterocycles. The highest BCUT2D eigenvalue weighted by atomic mass is 32.2. The molecule has 2 atom stereocenters. The summed E-state index contributed by atoms with van der Waals surface area (Å²) in [6.45, 7) is 0. The Bertz CT molecular complexity index is 973. The van der Waals surface area contributed by atoms with Gasteiger partial charge in [-0.15, -0.1) is 23.5 Å². The first-order valence-corrected chi connectivity index (χ1v) is 10.2. The number of aliphatic carboxylic acids is 1. The summed E-state index contributed by atoms with van der Waals surface area (Å²) in [7, 11) is 0. The summed E-state index contributed by atoms with van der Waals surface area (Å²) < 4.78 is 0. The second kappa shape index (κ2) is 7.24. The Morgan fingerprint density at radius 1 is 1.41 bits per heavy atom. The average molecular weight is 401 g/mol. The van der Waals surface area contributed by atoms with Crippen molar-refractivity contribution in [2.24, 2.45) is 0 Å². The van der Waals surface area contributed by atoms with E-state index >= 15 is 0 Å². The third-order valence-corrected chi connectivity index (χ3v) is 6.97. The molecule has 3 heterocycles. The number of para-hydroxylation sites is 1. The second-order valence-electron chi connectivity index (χ2n) is 6.05. The van der Waals surface area contributed by atoms with Crippen LogP contribution in [0.1, 0.15) is 0 Å². The molecule has 4 rings (SSSR count). The minimum Gasteiger partial charge on any atom is -0.477 e. The highest BCUT2D eigenvalue weighted by Crippen LogP contribution is 2.41. The maximum atomic E-state index is 12.3. The standard InChI is InChI=1S/C18H15N3O4S2/c22-9-20-14-16(23)21-15(18(24)25)11(8-27-17(14)21)7-26-12-5-1-3-10-4-2-6-19-13(10)12/h1-6,9,14,17H,7-8H2,(H,20,22)(H,24,25). The van der Waals surface area contributed by atoms with Gasteiger partial charge in [-0.1, -0.05) is 18.2 Å². The predicted octanol–water partition coefficient (Wildman–Crippen LogP) is 1.70. The van der Waals surface area contributed by atoms with E-state index in [1.165, 1.54) is 28.4 Å². The van der Waals surface area contributed by atoms with Gasteiger partial charge in [-0.05, 0) is 17.7 Å². The van der Waals surface area contributed by atoms with Gasteiger partial charge in [-0.2, -0.15) is 0 Å². The Labute approximate surface area is 163 Å². The van der Waals surface area contributed by atoms with E-state index in [9.17, 15) is 19.5 Å². The third-order valence-electron chi connectivity index (χ3n) is 4.50. The van der Waals surface area contributed by atoms with Crippen molar-refractivity contribution in [3.05, 3.63) is 47.8 Å². The van der Waals surface area contributed by atoms with E-state index in [0.29, 0.717) is 23.5 Å². The lowest BCUT2D eigenvalue weighted by molar-refractivity contribution is -0.149. The Kier molecular flexibility index (Phi) is 4.79. The fourth-order valence-corrected chi connectivity index (χ4v) is 5.78. The number of fused-ring (bicyclic) bond motifs is 2. The van der Waals surface area contributed by atoms with Crippen LogP contribution < -0.4 is 5.32 Å². The van der Waals surface area contributed by atoms with Gasteiger partial charge < -0.3 is 10.4 Å². The number of hydrogen-bond donors (Lipinski definition) is 2. The summed E-state index contributed by atoms with van der Waals surface area (Å²) in [5.74, 6) is -0.555. The first-order valence-electron chi connectivity index (χ1n) is 8.18. The molecule has 0 aliphatic carbocycles. The number of carbonyl (C=O) groups excluding carboxylic acids is 2. The van der Waals surface area contributed by atoms with Crippen LogP contribution in [0.4, 0.5) is 0 Å². The molecular weight excluding hydrogens is 386 g/mol. The van der Waals surface area contributed by atoms with Crippen molar-refractivity contribution < 1.29 is 19.5 Å².